The third-order valence-electron chi connectivity index (χ3n) is 3.29. The number of aromatic nitrogens is 4. The number of nitrogens with zero attached hydrogens (tertiary/aromatic N) is 4. The van der Waals surface area contributed by atoms with Gasteiger partial charge in [-0.1, -0.05) is 15.9 Å². The van der Waals surface area contributed by atoms with Gasteiger partial charge in [0.15, 0.2) is 6.73 Å². The molecule has 0 saturated carbocycles. The zero-order valence-electron chi connectivity index (χ0n) is 13.3. The molecule has 1 amide bonds. The molecule has 130 valence electrons. The lowest BCUT2D eigenvalue weighted by atomic mass is 10.3. The highest BCUT2D eigenvalue weighted by Crippen LogP contribution is 2.17. The molecule has 0 aliphatic rings. The molecule has 1 N–H and O–H groups in total. The standard InChI is InChI=1S/C16H15Br2N5O2/c1-11-15(18)8-22(21-11)9-16(24)20-13-6-19-23(7-13)10-25-14-4-2-12(17)3-5-14/h2-8H,9-10H2,1H3,(H,20,24). The van der Waals surface area contributed by atoms with Crippen molar-refractivity contribution in [1.82, 2.24) is 19.6 Å². The number of carbonyl (C=O) groups is 1. The van der Waals surface area contributed by atoms with Gasteiger partial charge in [0.05, 0.1) is 28.2 Å². The molecule has 9 heteroatoms. The molecular formula is C16H15Br2N5O2. The molecule has 0 fully saturated rings. The van der Waals surface area contributed by atoms with Gasteiger partial charge in [-0.3, -0.25) is 9.48 Å². The Balaban J connectivity index is 1.52. The van der Waals surface area contributed by atoms with E-state index in [4.69, 9.17) is 4.74 Å². The summed E-state index contributed by atoms with van der Waals surface area (Å²) in [6.07, 6.45) is 5.05. The van der Waals surface area contributed by atoms with E-state index in [1.807, 2.05) is 31.2 Å². The second kappa shape index (κ2) is 7.83. The van der Waals surface area contributed by atoms with Crippen LogP contribution in [0.25, 0.3) is 0 Å². The Morgan fingerprint density at radius 3 is 2.64 bits per heavy atom. The Bertz CT molecular complexity index is 854. The molecule has 3 rings (SSSR count). The monoisotopic (exact) mass is 467 g/mol. The van der Waals surface area contributed by atoms with Crippen molar-refractivity contribution in [2.24, 2.45) is 0 Å². The number of hydrogen-bond acceptors (Lipinski definition) is 4. The normalized spacial score (nSPS) is 10.7. The summed E-state index contributed by atoms with van der Waals surface area (Å²) in [4.78, 5) is 12.1. The first-order valence-electron chi connectivity index (χ1n) is 7.40. The van der Waals surface area contributed by atoms with Crippen LogP contribution in [0.5, 0.6) is 5.75 Å². The summed E-state index contributed by atoms with van der Waals surface area (Å²) in [5.74, 6) is 0.562. The molecule has 0 bridgehead atoms. The maximum atomic E-state index is 12.1. The largest absolute Gasteiger partial charge is 0.471 e. The van der Waals surface area contributed by atoms with Gasteiger partial charge >= 0.3 is 0 Å². The topological polar surface area (TPSA) is 74.0 Å². The highest BCUT2D eigenvalue weighted by molar-refractivity contribution is 9.10. The molecule has 25 heavy (non-hydrogen) atoms. The van der Waals surface area contributed by atoms with Crippen molar-refractivity contribution in [3.8, 4) is 5.75 Å². The van der Waals surface area contributed by atoms with Gasteiger partial charge in [0.25, 0.3) is 0 Å². The van der Waals surface area contributed by atoms with E-state index >= 15 is 0 Å². The van der Waals surface area contributed by atoms with Crippen LogP contribution < -0.4 is 10.1 Å². The fraction of sp³-hybridized carbons (Fsp3) is 0.188. The maximum absolute atomic E-state index is 12.1. The molecule has 3 aromatic rings. The Labute approximate surface area is 161 Å². The van der Waals surface area contributed by atoms with Crippen molar-refractivity contribution < 1.29 is 9.53 Å². The van der Waals surface area contributed by atoms with Crippen molar-refractivity contribution in [3.05, 3.63) is 57.5 Å². The molecule has 0 atom stereocenters. The van der Waals surface area contributed by atoms with Gasteiger partial charge in [-0.2, -0.15) is 10.2 Å². The van der Waals surface area contributed by atoms with E-state index in [0.29, 0.717) is 5.69 Å². The van der Waals surface area contributed by atoms with Gasteiger partial charge in [0.2, 0.25) is 5.91 Å². The van der Waals surface area contributed by atoms with E-state index in [-0.39, 0.29) is 19.2 Å². The van der Waals surface area contributed by atoms with E-state index in [1.165, 1.54) is 0 Å². The molecule has 0 aliphatic heterocycles. The van der Waals surface area contributed by atoms with Gasteiger partial charge in [0, 0.05) is 10.7 Å². The molecule has 0 aliphatic carbocycles. The average molecular weight is 469 g/mol. The number of amides is 1. The minimum absolute atomic E-state index is 0.132. The Morgan fingerprint density at radius 2 is 1.96 bits per heavy atom. The predicted octanol–water partition coefficient (Wildman–Crippen LogP) is 3.59. The number of anilines is 1. The zero-order valence-corrected chi connectivity index (χ0v) is 16.5. The third-order valence-corrected chi connectivity index (χ3v) is 4.59. The summed E-state index contributed by atoms with van der Waals surface area (Å²) < 4.78 is 10.7. The van der Waals surface area contributed by atoms with Crippen molar-refractivity contribution in [1.29, 1.82) is 0 Å². The van der Waals surface area contributed by atoms with Crippen LogP contribution in [-0.4, -0.2) is 25.5 Å². The van der Waals surface area contributed by atoms with Crippen LogP contribution >= 0.6 is 31.9 Å². The minimum Gasteiger partial charge on any atom is -0.471 e. The van der Waals surface area contributed by atoms with Crippen molar-refractivity contribution in [2.45, 2.75) is 20.2 Å². The first kappa shape index (κ1) is 17.7. The Morgan fingerprint density at radius 1 is 1.20 bits per heavy atom. The second-order valence-corrected chi connectivity index (χ2v) is 7.07. The Hall–Kier alpha value is -2.13. The van der Waals surface area contributed by atoms with Crippen LogP contribution in [0.4, 0.5) is 5.69 Å². The molecule has 7 nitrogen and oxygen atoms in total. The number of carbonyl (C=O) groups excluding carboxylic acids is 1. The van der Waals surface area contributed by atoms with Crippen molar-refractivity contribution >= 4 is 43.5 Å². The quantitative estimate of drug-likeness (QED) is 0.599. The highest BCUT2D eigenvalue weighted by atomic mass is 79.9. The molecule has 0 radical (unpaired) electrons. The first-order chi connectivity index (χ1) is 12.0. The Kier molecular flexibility index (Phi) is 5.54. The zero-order chi connectivity index (χ0) is 17.8. The van der Waals surface area contributed by atoms with Crippen LogP contribution in [0.3, 0.4) is 0 Å². The molecule has 0 unspecified atom stereocenters. The van der Waals surface area contributed by atoms with Crippen LogP contribution in [0.2, 0.25) is 0 Å². The van der Waals surface area contributed by atoms with E-state index < -0.39 is 0 Å². The summed E-state index contributed by atoms with van der Waals surface area (Å²) >= 11 is 6.75. The number of halogens is 2. The molecule has 2 heterocycles. The van der Waals surface area contributed by atoms with Gasteiger partial charge in [-0.15, -0.1) is 0 Å². The SMILES string of the molecule is Cc1nn(CC(=O)Nc2cnn(COc3ccc(Br)cc3)c2)cc1Br. The van der Waals surface area contributed by atoms with Crippen LogP contribution in [0, 0.1) is 6.92 Å². The number of rotatable bonds is 6. The van der Waals surface area contributed by atoms with Gasteiger partial charge in [-0.05, 0) is 47.1 Å². The highest BCUT2D eigenvalue weighted by Gasteiger charge is 2.08. The van der Waals surface area contributed by atoms with Gasteiger partial charge in [0.1, 0.15) is 12.3 Å². The summed E-state index contributed by atoms with van der Waals surface area (Å²) in [5.41, 5.74) is 1.44. The lowest BCUT2D eigenvalue weighted by molar-refractivity contribution is -0.116. The van der Waals surface area contributed by atoms with Crippen molar-refractivity contribution in [2.75, 3.05) is 5.32 Å². The molecule has 0 saturated heterocycles. The van der Waals surface area contributed by atoms with E-state index in [2.05, 4.69) is 47.4 Å². The lowest BCUT2D eigenvalue weighted by Gasteiger charge is -2.06. The van der Waals surface area contributed by atoms with E-state index in [1.54, 1.807) is 28.0 Å². The van der Waals surface area contributed by atoms with Crippen LogP contribution in [0.15, 0.2) is 51.8 Å². The predicted molar refractivity (Wildman–Crippen MR) is 100 cm³/mol. The van der Waals surface area contributed by atoms with Crippen LogP contribution in [0.1, 0.15) is 5.69 Å². The van der Waals surface area contributed by atoms with E-state index in [0.717, 1.165) is 20.4 Å². The lowest BCUT2D eigenvalue weighted by Crippen LogP contribution is -2.18. The molecule has 1 aromatic carbocycles. The summed E-state index contributed by atoms with van der Waals surface area (Å²) in [5, 5.41) is 11.2. The summed E-state index contributed by atoms with van der Waals surface area (Å²) in [7, 11) is 0. The fourth-order valence-electron chi connectivity index (χ4n) is 2.09. The fourth-order valence-corrected chi connectivity index (χ4v) is 2.67. The minimum atomic E-state index is -0.177. The molecular weight excluding hydrogens is 454 g/mol. The van der Waals surface area contributed by atoms with Crippen LogP contribution in [-0.2, 0) is 18.1 Å². The van der Waals surface area contributed by atoms with Gasteiger partial charge < -0.3 is 10.1 Å². The second-order valence-electron chi connectivity index (χ2n) is 5.30. The third kappa shape index (κ3) is 4.93. The molecule has 0 spiro atoms. The number of hydrogen-bond donors (Lipinski definition) is 1. The number of nitrogens with one attached hydrogen (secondary N) is 1. The number of ether oxygens (including phenoxy) is 1. The summed E-state index contributed by atoms with van der Waals surface area (Å²) in [6, 6.07) is 7.53. The van der Waals surface area contributed by atoms with Gasteiger partial charge in [-0.25, -0.2) is 4.68 Å². The first-order valence-corrected chi connectivity index (χ1v) is 8.98. The van der Waals surface area contributed by atoms with E-state index in [9.17, 15) is 4.79 Å². The summed E-state index contributed by atoms with van der Waals surface area (Å²) in [6.45, 7) is 2.25. The average Bonchev–Trinajstić information content (AvgIpc) is 3.13. The smallest absolute Gasteiger partial charge is 0.246 e. The van der Waals surface area contributed by atoms with Crippen molar-refractivity contribution in [3.63, 3.8) is 0 Å². The maximum Gasteiger partial charge on any atom is 0.246 e. The molecule has 2 aromatic heterocycles. The number of benzene rings is 1. The number of aryl methyl sites for hydroxylation is 1.